The molecule has 1 aliphatic heterocycles. The molecule has 31 heavy (non-hydrogen) atoms. The molecular formula is C25H27ClN2O3. The third-order valence-corrected chi connectivity index (χ3v) is 6.17. The highest BCUT2D eigenvalue weighted by atomic mass is 35.5. The molecule has 2 aromatic carbocycles. The Bertz CT molecular complexity index is 996. The fraction of sp³-hybridized carbons (Fsp3) is 0.360. The smallest absolute Gasteiger partial charge is 0.261 e. The van der Waals surface area contributed by atoms with Gasteiger partial charge in [0.05, 0.1) is 26.0 Å². The van der Waals surface area contributed by atoms with E-state index in [0.717, 1.165) is 47.6 Å². The molecule has 1 heterocycles. The van der Waals surface area contributed by atoms with Gasteiger partial charge in [-0.1, -0.05) is 24.3 Å². The van der Waals surface area contributed by atoms with Gasteiger partial charge in [0.25, 0.3) is 5.91 Å². The van der Waals surface area contributed by atoms with Crippen LogP contribution in [0.1, 0.15) is 43.4 Å². The van der Waals surface area contributed by atoms with E-state index < -0.39 is 5.38 Å². The van der Waals surface area contributed by atoms with Gasteiger partial charge in [-0.25, -0.2) is 5.01 Å². The lowest BCUT2D eigenvalue weighted by molar-refractivity contribution is -0.132. The predicted octanol–water partition coefficient (Wildman–Crippen LogP) is 5.45. The number of nitrogens with zero attached hydrogens (tertiary/aromatic N) is 2. The van der Waals surface area contributed by atoms with Crippen LogP contribution >= 0.6 is 11.6 Å². The molecule has 1 amide bonds. The van der Waals surface area contributed by atoms with E-state index in [1.807, 2.05) is 48.5 Å². The Morgan fingerprint density at radius 2 is 1.71 bits per heavy atom. The summed E-state index contributed by atoms with van der Waals surface area (Å²) in [5.74, 6) is 1.59. The minimum absolute atomic E-state index is 0.144. The first-order chi connectivity index (χ1) is 15.0. The molecule has 0 radical (unpaired) electrons. The van der Waals surface area contributed by atoms with Crippen LogP contribution in [0.25, 0.3) is 6.08 Å². The molecule has 0 aromatic heterocycles. The zero-order chi connectivity index (χ0) is 22.0. The second-order valence-electron chi connectivity index (χ2n) is 7.94. The van der Waals surface area contributed by atoms with Crippen molar-refractivity contribution in [1.29, 1.82) is 0 Å². The van der Waals surface area contributed by atoms with Crippen LogP contribution in [0.5, 0.6) is 11.5 Å². The number of hydrazone groups is 1. The summed E-state index contributed by atoms with van der Waals surface area (Å²) in [6.07, 6.45) is 5.15. The molecule has 0 N–H and O–H groups in total. The van der Waals surface area contributed by atoms with Crippen LogP contribution in [0.2, 0.25) is 0 Å². The van der Waals surface area contributed by atoms with Crippen molar-refractivity contribution in [3.8, 4) is 11.5 Å². The largest absolute Gasteiger partial charge is 0.497 e. The van der Waals surface area contributed by atoms with E-state index in [1.165, 1.54) is 5.57 Å². The van der Waals surface area contributed by atoms with Crippen molar-refractivity contribution in [3.05, 3.63) is 65.2 Å². The van der Waals surface area contributed by atoms with Gasteiger partial charge in [0, 0.05) is 5.92 Å². The number of carbonyl (C=O) groups is 1. The number of amides is 1. The van der Waals surface area contributed by atoms with Gasteiger partial charge in [-0.2, -0.15) is 5.10 Å². The number of hydrogen-bond acceptors (Lipinski definition) is 4. The zero-order valence-corrected chi connectivity index (χ0v) is 18.8. The maximum absolute atomic E-state index is 13.0. The second-order valence-corrected chi connectivity index (χ2v) is 8.60. The van der Waals surface area contributed by atoms with E-state index >= 15 is 0 Å². The first kappa shape index (κ1) is 21.4. The maximum atomic E-state index is 13.0. The number of ether oxygens (including phenoxy) is 2. The topological polar surface area (TPSA) is 51.1 Å². The van der Waals surface area contributed by atoms with Crippen molar-refractivity contribution < 1.29 is 14.3 Å². The first-order valence-corrected chi connectivity index (χ1v) is 11.0. The Labute approximate surface area is 188 Å². The van der Waals surface area contributed by atoms with E-state index in [1.54, 1.807) is 26.2 Å². The van der Waals surface area contributed by atoms with Crippen molar-refractivity contribution in [2.24, 2.45) is 11.0 Å². The van der Waals surface area contributed by atoms with Crippen LogP contribution in [0.3, 0.4) is 0 Å². The molecule has 2 aliphatic rings. The number of methoxy groups -OCH3 is 2. The van der Waals surface area contributed by atoms with E-state index in [2.05, 4.69) is 6.08 Å². The average molecular weight is 439 g/mol. The number of rotatable bonds is 5. The van der Waals surface area contributed by atoms with Crippen molar-refractivity contribution in [3.63, 3.8) is 0 Å². The molecule has 1 saturated carbocycles. The highest BCUT2D eigenvalue weighted by Crippen LogP contribution is 2.45. The van der Waals surface area contributed by atoms with Gasteiger partial charge >= 0.3 is 0 Å². The quantitative estimate of drug-likeness (QED) is 0.583. The molecule has 4 rings (SSSR count). The second kappa shape index (κ2) is 9.15. The number of allylic oxidation sites excluding steroid dienone is 1. The standard InChI is InChI=1S/C25H27ClN2O3/c1-16(26)25(29)28-24(18-9-13-21(31-3)14-10-18)22-6-4-5-19(23(22)27-28)15-17-7-11-20(30-2)12-8-17/h7-16,22,24H,4-6H2,1-3H3/b19-15+/t16-,22+,24-/m1/s1. The molecule has 1 fully saturated rings. The van der Waals surface area contributed by atoms with Crippen LogP contribution in [0.15, 0.2) is 59.2 Å². The fourth-order valence-electron chi connectivity index (χ4n) is 4.40. The normalized spacial score (nSPS) is 22.6. The van der Waals surface area contributed by atoms with Gasteiger partial charge in [-0.05, 0) is 73.2 Å². The summed E-state index contributed by atoms with van der Waals surface area (Å²) in [7, 11) is 3.31. The van der Waals surface area contributed by atoms with Crippen molar-refractivity contribution in [2.45, 2.75) is 37.6 Å². The third kappa shape index (κ3) is 4.33. The first-order valence-electron chi connectivity index (χ1n) is 10.6. The van der Waals surface area contributed by atoms with E-state index in [-0.39, 0.29) is 17.9 Å². The molecular weight excluding hydrogens is 412 g/mol. The van der Waals surface area contributed by atoms with E-state index in [4.69, 9.17) is 26.2 Å². The fourth-order valence-corrected chi connectivity index (χ4v) is 4.50. The highest BCUT2D eigenvalue weighted by Gasteiger charge is 2.44. The van der Waals surface area contributed by atoms with Crippen molar-refractivity contribution in [2.75, 3.05) is 14.2 Å². The number of alkyl halides is 1. The van der Waals surface area contributed by atoms with Gasteiger partial charge in [0.1, 0.15) is 16.9 Å². The Balaban J connectivity index is 1.71. The Kier molecular flexibility index (Phi) is 6.33. The average Bonchev–Trinajstić information content (AvgIpc) is 3.19. The maximum Gasteiger partial charge on any atom is 0.261 e. The monoisotopic (exact) mass is 438 g/mol. The molecule has 5 nitrogen and oxygen atoms in total. The lowest BCUT2D eigenvalue weighted by atomic mass is 9.77. The molecule has 6 heteroatoms. The number of benzene rings is 2. The number of carbonyl (C=O) groups excluding carboxylic acids is 1. The van der Waals surface area contributed by atoms with Crippen LogP contribution in [0, 0.1) is 5.92 Å². The number of halogens is 1. The predicted molar refractivity (Wildman–Crippen MR) is 124 cm³/mol. The van der Waals surface area contributed by atoms with Crippen molar-refractivity contribution in [1.82, 2.24) is 5.01 Å². The summed E-state index contributed by atoms with van der Waals surface area (Å²) in [5.41, 5.74) is 4.31. The van der Waals surface area contributed by atoms with Crippen molar-refractivity contribution >= 4 is 29.3 Å². The summed E-state index contributed by atoms with van der Waals surface area (Å²) in [5, 5.41) is 5.80. The molecule has 0 saturated heterocycles. The molecule has 162 valence electrons. The van der Waals surface area contributed by atoms with E-state index in [0.29, 0.717) is 0 Å². The summed E-state index contributed by atoms with van der Waals surface area (Å²) in [6.45, 7) is 1.70. The number of hydrogen-bond donors (Lipinski definition) is 0. The molecule has 0 unspecified atom stereocenters. The van der Waals surface area contributed by atoms with Gasteiger partial charge < -0.3 is 9.47 Å². The molecule has 0 spiro atoms. The lowest BCUT2D eigenvalue weighted by Gasteiger charge is -2.30. The van der Waals surface area contributed by atoms with Gasteiger partial charge in [-0.15, -0.1) is 11.6 Å². The third-order valence-electron chi connectivity index (χ3n) is 5.98. The van der Waals surface area contributed by atoms with Crippen LogP contribution in [0.4, 0.5) is 0 Å². The summed E-state index contributed by atoms with van der Waals surface area (Å²) in [4.78, 5) is 13.0. The summed E-state index contributed by atoms with van der Waals surface area (Å²) >= 11 is 6.19. The van der Waals surface area contributed by atoms with Crippen LogP contribution < -0.4 is 9.47 Å². The van der Waals surface area contributed by atoms with Gasteiger partial charge in [-0.3, -0.25) is 4.79 Å². The molecule has 1 aliphatic carbocycles. The van der Waals surface area contributed by atoms with E-state index in [9.17, 15) is 4.79 Å². The number of fused-ring (bicyclic) bond motifs is 1. The van der Waals surface area contributed by atoms with Gasteiger partial charge in [0.2, 0.25) is 0 Å². The zero-order valence-electron chi connectivity index (χ0n) is 18.0. The highest BCUT2D eigenvalue weighted by molar-refractivity contribution is 6.30. The summed E-state index contributed by atoms with van der Waals surface area (Å²) < 4.78 is 10.6. The SMILES string of the molecule is COc1ccc(/C=C2\CCC[C@H]3C2=NN(C(=O)[C@@H](C)Cl)[C@@H]3c2ccc(OC)cc2)cc1. The molecule has 2 aromatic rings. The van der Waals surface area contributed by atoms with Gasteiger partial charge in [0.15, 0.2) is 0 Å². The molecule has 3 atom stereocenters. The lowest BCUT2D eigenvalue weighted by Crippen LogP contribution is -2.35. The Morgan fingerprint density at radius 3 is 2.29 bits per heavy atom. The Hall–Kier alpha value is -2.79. The van der Waals surface area contributed by atoms with Crippen LogP contribution in [-0.2, 0) is 4.79 Å². The Morgan fingerprint density at radius 1 is 1.10 bits per heavy atom. The molecule has 0 bridgehead atoms. The van der Waals surface area contributed by atoms with Crippen LogP contribution in [-0.4, -0.2) is 36.2 Å². The minimum Gasteiger partial charge on any atom is -0.497 e. The summed E-state index contributed by atoms with van der Waals surface area (Å²) in [6, 6.07) is 15.7. The minimum atomic E-state index is -0.640.